The Labute approximate surface area is 124 Å². The van der Waals surface area contributed by atoms with Gasteiger partial charge in [0.2, 0.25) is 0 Å². The number of nitrogens with zero attached hydrogens (tertiary/aromatic N) is 3. The lowest BCUT2D eigenvalue weighted by Crippen LogP contribution is -2.52. The number of carboxylic acids is 1. The van der Waals surface area contributed by atoms with Crippen molar-refractivity contribution in [1.82, 2.24) is 19.8 Å². The number of carboxylic acid groups (broad SMARTS) is 1. The smallest absolute Gasteiger partial charge is 0.323 e. The number of hydrogen-bond donors (Lipinski definition) is 2. The number of hydrogen-bond acceptors (Lipinski definition) is 4. The van der Waals surface area contributed by atoms with Crippen molar-refractivity contribution in [3.05, 3.63) is 18.2 Å². The first-order valence-corrected chi connectivity index (χ1v) is 7.91. The highest BCUT2D eigenvalue weighted by Gasteiger charge is 2.49. The molecule has 2 aliphatic carbocycles. The fraction of sp³-hybridized carbons (Fsp3) is 0.733. The van der Waals surface area contributed by atoms with Crippen molar-refractivity contribution in [2.24, 2.45) is 0 Å². The zero-order valence-electron chi connectivity index (χ0n) is 12.2. The van der Waals surface area contributed by atoms with Crippen LogP contribution in [0.15, 0.2) is 12.4 Å². The van der Waals surface area contributed by atoms with Crippen LogP contribution in [0, 0.1) is 0 Å². The summed E-state index contributed by atoms with van der Waals surface area (Å²) in [7, 11) is 0. The third kappa shape index (κ3) is 2.36. The lowest BCUT2D eigenvalue weighted by Gasteiger charge is -2.34. The third-order valence-corrected chi connectivity index (χ3v) is 5.25. The molecule has 0 saturated heterocycles. The van der Waals surface area contributed by atoms with Gasteiger partial charge in [0.15, 0.2) is 0 Å². The highest BCUT2D eigenvalue weighted by molar-refractivity contribution is 5.79. The summed E-state index contributed by atoms with van der Waals surface area (Å²) in [5, 5.41) is 13.1. The van der Waals surface area contributed by atoms with Crippen LogP contribution in [0.2, 0.25) is 0 Å². The molecule has 6 heteroatoms. The molecule has 0 amide bonds. The topological polar surface area (TPSA) is 70.4 Å². The number of nitrogens with one attached hydrogen (secondary N) is 1. The fourth-order valence-electron chi connectivity index (χ4n) is 3.84. The van der Waals surface area contributed by atoms with Gasteiger partial charge in [-0.05, 0) is 32.1 Å². The Morgan fingerprint density at radius 2 is 2.24 bits per heavy atom. The fourth-order valence-corrected chi connectivity index (χ4v) is 3.84. The molecule has 2 heterocycles. The summed E-state index contributed by atoms with van der Waals surface area (Å²) < 4.78 is 2.19. The zero-order valence-corrected chi connectivity index (χ0v) is 12.2. The zero-order chi connectivity index (χ0) is 14.4. The minimum atomic E-state index is -0.696. The molecule has 3 aliphatic rings. The molecule has 1 aliphatic heterocycles. The molecule has 0 spiro atoms. The van der Waals surface area contributed by atoms with Gasteiger partial charge in [-0.25, -0.2) is 4.98 Å². The largest absolute Gasteiger partial charge is 0.480 e. The first-order valence-electron chi connectivity index (χ1n) is 7.91. The van der Waals surface area contributed by atoms with Crippen molar-refractivity contribution in [2.75, 3.05) is 6.54 Å². The molecule has 1 aromatic rings. The summed E-state index contributed by atoms with van der Waals surface area (Å²) in [5.74, 6) is 0.430. The molecule has 1 aromatic heterocycles. The Hall–Kier alpha value is -1.40. The maximum absolute atomic E-state index is 11.8. The molecule has 4 rings (SSSR count). The van der Waals surface area contributed by atoms with E-state index in [1.807, 2.05) is 12.4 Å². The molecule has 6 nitrogen and oxygen atoms in total. The molecule has 0 bridgehead atoms. The van der Waals surface area contributed by atoms with Gasteiger partial charge in [0.05, 0.1) is 6.54 Å². The Kier molecular flexibility index (Phi) is 3.04. The van der Waals surface area contributed by atoms with Crippen molar-refractivity contribution < 1.29 is 9.90 Å². The molecular weight excluding hydrogens is 268 g/mol. The third-order valence-electron chi connectivity index (χ3n) is 5.25. The molecule has 2 saturated carbocycles. The average molecular weight is 290 g/mol. The van der Waals surface area contributed by atoms with E-state index in [-0.39, 0.29) is 0 Å². The predicted octanol–water partition coefficient (Wildman–Crippen LogP) is 0.827. The first-order chi connectivity index (χ1) is 10.2. The molecule has 114 valence electrons. The summed E-state index contributed by atoms with van der Waals surface area (Å²) in [4.78, 5) is 18.6. The second kappa shape index (κ2) is 4.81. The molecule has 0 aromatic carbocycles. The molecule has 0 radical (unpaired) electrons. The average Bonchev–Trinajstić information content (AvgIpc) is 3.00. The minimum Gasteiger partial charge on any atom is -0.480 e. The molecule has 2 atom stereocenters. The summed E-state index contributed by atoms with van der Waals surface area (Å²) in [6.45, 7) is 2.80. The van der Waals surface area contributed by atoms with Crippen LogP contribution in [0.25, 0.3) is 0 Å². The highest BCUT2D eigenvalue weighted by atomic mass is 16.4. The number of fused-ring (bicyclic) bond motifs is 1. The van der Waals surface area contributed by atoms with Crippen LogP contribution in [0.1, 0.15) is 37.9 Å². The maximum Gasteiger partial charge on any atom is 0.323 e. The number of aromatic nitrogens is 2. The number of aliphatic carboxylic acids is 1. The van der Waals surface area contributed by atoms with Crippen LogP contribution in [-0.4, -0.2) is 49.7 Å². The van der Waals surface area contributed by atoms with Gasteiger partial charge in [-0.15, -0.1) is 0 Å². The van der Waals surface area contributed by atoms with E-state index in [1.54, 1.807) is 0 Å². The second-order valence-corrected chi connectivity index (χ2v) is 6.71. The summed E-state index contributed by atoms with van der Waals surface area (Å²) in [5.41, 5.74) is -0.696. The van der Waals surface area contributed by atoms with Crippen molar-refractivity contribution in [3.63, 3.8) is 0 Å². The highest BCUT2D eigenvalue weighted by Crippen LogP contribution is 2.37. The van der Waals surface area contributed by atoms with Crippen molar-refractivity contribution in [1.29, 1.82) is 0 Å². The number of rotatable bonds is 4. The number of imidazole rings is 1. The van der Waals surface area contributed by atoms with Gasteiger partial charge in [-0.2, -0.15) is 0 Å². The van der Waals surface area contributed by atoms with Crippen LogP contribution in [0.5, 0.6) is 0 Å². The van der Waals surface area contributed by atoms with Gasteiger partial charge in [-0.1, -0.05) is 0 Å². The van der Waals surface area contributed by atoms with Gasteiger partial charge < -0.3 is 9.67 Å². The van der Waals surface area contributed by atoms with E-state index in [0.717, 1.165) is 57.6 Å². The van der Waals surface area contributed by atoms with Crippen LogP contribution in [0.3, 0.4) is 0 Å². The van der Waals surface area contributed by atoms with E-state index >= 15 is 0 Å². The van der Waals surface area contributed by atoms with Gasteiger partial charge in [-0.3, -0.25) is 15.0 Å². The minimum absolute atomic E-state index is 0.359. The number of carbonyl (C=O) groups is 1. The predicted molar refractivity (Wildman–Crippen MR) is 76.8 cm³/mol. The molecule has 2 N–H and O–H groups in total. The normalized spacial score (nSPS) is 33.0. The molecule has 21 heavy (non-hydrogen) atoms. The summed E-state index contributed by atoms with van der Waals surface area (Å²) >= 11 is 0. The van der Waals surface area contributed by atoms with Crippen molar-refractivity contribution >= 4 is 5.97 Å². The van der Waals surface area contributed by atoms with E-state index in [0.29, 0.717) is 12.1 Å². The van der Waals surface area contributed by atoms with E-state index in [4.69, 9.17) is 0 Å². The van der Waals surface area contributed by atoms with Crippen LogP contribution in [0.4, 0.5) is 0 Å². The van der Waals surface area contributed by atoms with Crippen LogP contribution >= 0.6 is 0 Å². The summed E-state index contributed by atoms with van der Waals surface area (Å²) in [6, 6.07) is 0.790. The summed E-state index contributed by atoms with van der Waals surface area (Å²) in [6.07, 6.45) is 8.56. The van der Waals surface area contributed by atoms with E-state index in [1.165, 1.54) is 0 Å². The van der Waals surface area contributed by atoms with Crippen molar-refractivity contribution in [3.8, 4) is 0 Å². The van der Waals surface area contributed by atoms with Crippen LogP contribution < -0.4 is 5.32 Å². The molecule has 2 unspecified atom stereocenters. The standard InChI is InChI=1S/C15H22N4O2/c20-14(21)15(17-11-1-2-11)4-3-12(9-15)19-8-7-18-6-5-16-13(18)10-19/h5-6,11-12,17H,1-4,7-10H2,(H,20,21). The van der Waals surface area contributed by atoms with Crippen LogP contribution in [-0.2, 0) is 17.9 Å². The lowest BCUT2D eigenvalue weighted by atomic mass is 9.97. The van der Waals surface area contributed by atoms with Gasteiger partial charge in [0, 0.05) is 37.6 Å². The maximum atomic E-state index is 11.8. The quantitative estimate of drug-likeness (QED) is 0.859. The molecular formula is C15H22N4O2. The first kappa shape index (κ1) is 13.3. The second-order valence-electron chi connectivity index (χ2n) is 6.71. The van der Waals surface area contributed by atoms with Gasteiger partial charge in [0.1, 0.15) is 11.4 Å². The Balaban J connectivity index is 1.47. The SMILES string of the molecule is O=C(O)C1(NC2CC2)CCC(N2CCn3ccnc3C2)C1. The van der Waals surface area contributed by atoms with Gasteiger partial charge >= 0.3 is 5.97 Å². The Bertz CT molecular complexity index is 554. The van der Waals surface area contributed by atoms with E-state index < -0.39 is 11.5 Å². The Morgan fingerprint density at radius 1 is 1.38 bits per heavy atom. The van der Waals surface area contributed by atoms with E-state index in [9.17, 15) is 9.90 Å². The van der Waals surface area contributed by atoms with Crippen molar-refractivity contribution in [2.45, 2.75) is 62.8 Å². The molecule has 2 fully saturated rings. The Morgan fingerprint density at radius 3 is 3.00 bits per heavy atom. The lowest BCUT2D eigenvalue weighted by molar-refractivity contribution is -0.145. The van der Waals surface area contributed by atoms with E-state index in [2.05, 4.69) is 19.8 Å². The van der Waals surface area contributed by atoms with Gasteiger partial charge in [0.25, 0.3) is 0 Å². The monoisotopic (exact) mass is 290 g/mol.